The molecule has 0 aliphatic carbocycles. The molecule has 1 fully saturated rings. The molecule has 3 heterocycles. The standard InChI is InChI=1S/C16H17F2N3O2/c1-2-23-15(22)12-10-11-4-3-7-19-13(11)14(20-12)21-8-5-16(17,18)6-9-21/h3-4,7,10H,2,5-6,8-9H2,1H3. The topological polar surface area (TPSA) is 55.3 Å². The lowest BCUT2D eigenvalue weighted by Crippen LogP contribution is -2.40. The van der Waals surface area contributed by atoms with Crippen LogP contribution in [-0.2, 0) is 4.74 Å². The zero-order valence-electron chi connectivity index (χ0n) is 12.8. The van der Waals surface area contributed by atoms with Gasteiger partial charge in [0.15, 0.2) is 11.5 Å². The van der Waals surface area contributed by atoms with E-state index in [1.165, 1.54) is 0 Å². The highest BCUT2D eigenvalue weighted by Crippen LogP contribution is 2.32. The highest BCUT2D eigenvalue weighted by molar-refractivity contribution is 5.96. The molecule has 5 nitrogen and oxygen atoms in total. The van der Waals surface area contributed by atoms with Gasteiger partial charge in [0.25, 0.3) is 5.92 Å². The third-order valence-corrected chi connectivity index (χ3v) is 3.85. The minimum absolute atomic E-state index is 0.166. The molecule has 23 heavy (non-hydrogen) atoms. The first-order valence-electron chi connectivity index (χ1n) is 7.56. The van der Waals surface area contributed by atoms with Gasteiger partial charge in [-0.15, -0.1) is 0 Å². The van der Waals surface area contributed by atoms with Crippen molar-refractivity contribution >= 4 is 22.7 Å². The molecule has 0 saturated carbocycles. The molecule has 0 unspecified atom stereocenters. The summed E-state index contributed by atoms with van der Waals surface area (Å²) < 4.78 is 31.7. The van der Waals surface area contributed by atoms with E-state index in [0.29, 0.717) is 11.3 Å². The number of esters is 1. The zero-order valence-corrected chi connectivity index (χ0v) is 12.8. The lowest BCUT2D eigenvalue weighted by Gasteiger charge is -2.33. The van der Waals surface area contributed by atoms with Crippen LogP contribution in [0, 0.1) is 0 Å². The molecule has 7 heteroatoms. The SMILES string of the molecule is CCOC(=O)c1cc2cccnc2c(N2CCC(F)(F)CC2)n1. The summed E-state index contributed by atoms with van der Waals surface area (Å²) in [5, 5.41) is 0.734. The van der Waals surface area contributed by atoms with Crippen molar-refractivity contribution in [3.05, 3.63) is 30.1 Å². The Kier molecular flexibility index (Phi) is 4.11. The molecular formula is C16H17F2N3O2. The molecule has 2 aromatic heterocycles. The molecule has 3 rings (SSSR count). The Labute approximate surface area is 132 Å². The van der Waals surface area contributed by atoms with Crippen LogP contribution in [0.1, 0.15) is 30.3 Å². The predicted molar refractivity (Wildman–Crippen MR) is 81.9 cm³/mol. The molecule has 0 spiro atoms. The number of nitrogens with zero attached hydrogens (tertiary/aromatic N) is 3. The number of rotatable bonds is 3. The number of anilines is 1. The second-order valence-electron chi connectivity index (χ2n) is 5.47. The molecule has 1 aliphatic rings. The summed E-state index contributed by atoms with van der Waals surface area (Å²) in [4.78, 5) is 22.4. The summed E-state index contributed by atoms with van der Waals surface area (Å²) in [6.45, 7) is 2.32. The Morgan fingerprint density at radius 2 is 2.13 bits per heavy atom. The molecule has 1 aliphatic heterocycles. The van der Waals surface area contributed by atoms with Gasteiger partial charge in [-0.3, -0.25) is 4.98 Å². The Morgan fingerprint density at radius 1 is 1.39 bits per heavy atom. The molecule has 0 atom stereocenters. The highest BCUT2D eigenvalue weighted by Gasteiger charge is 2.35. The Balaban J connectivity index is 2.02. The van der Waals surface area contributed by atoms with E-state index in [9.17, 15) is 13.6 Å². The van der Waals surface area contributed by atoms with E-state index in [1.807, 2.05) is 6.07 Å². The van der Waals surface area contributed by atoms with Gasteiger partial charge in [-0.2, -0.15) is 0 Å². The number of ether oxygens (including phenoxy) is 1. The summed E-state index contributed by atoms with van der Waals surface area (Å²) >= 11 is 0. The number of aromatic nitrogens is 2. The maximum absolute atomic E-state index is 13.4. The van der Waals surface area contributed by atoms with Crippen molar-refractivity contribution in [3.8, 4) is 0 Å². The molecule has 0 N–H and O–H groups in total. The summed E-state index contributed by atoms with van der Waals surface area (Å²) in [5.41, 5.74) is 0.769. The maximum Gasteiger partial charge on any atom is 0.357 e. The average molecular weight is 321 g/mol. The maximum atomic E-state index is 13.4. The van der Waals surface area contributed by atoms with Crippen LogP contribution in [0.4, 0.5) is 14.6 Å². The van der Waals surface area contributed by atoms with Crippen LogP contribution >= 0.6 is 0 Å². The van der Waals surface area contributed by atoms with Crippen molar-refractivity contribution < 1.29 is 18.3 Å². The minimum atomic E-state index is -2.64. The van der Waals surface area contributed by atoms with Crippen molar-refractivity contribution in [3.63, 3.8) is 0 Å². The molecule has 0 aromatic carbocycles. The molecule has 0 radical (unpaired) electrons. The van der Waals surface area contributed by atoms with E-state index in [-0.39, 0.29) is 38.2 Å². The molecule has 2 aromatic rings. The highest BCUT2D eigenvalue weighted by atomic mass is 19.3. The van der Waals surface area contributed by atoms with Gasteiger partial charge in [0, 0.05) is 37.5 Å². The number of alkyl halides is 2. The van der Waals surface area contributed by atoms with Gasteiger partial charge < -0.3 is 9.64 Å². The van der Waals surface area contributed by atoms with Gasteiger partial charge >= 0.3 is 5.97 Å². The summed E-state index contributed by atoms with van der Waals surface area (Å²) in [6.07, 6.45) is 1.16. The van der Waals surface area contributed by atoms with Crippen LogP contribution in [0.3, 0.4) is 0 Å². The van der Waals surface area contributed by atoms with Gasteiger partial charge in [-0.25, -0.2) is 18.6 Å². The molecule has 122 valence electrons. The van der Waals surface area contributed by atoms with Crippen LogP contribution in [0.25, 0.3) is 10.9 Å². The van der Waals surface area contributed by atoms with Crippen molar-refractivity contribution in [2.24, 2.45) is 0 Å². The van der Waals surface area contributed by atoms with Crippen LogP contribution in [0.15, 0.2) is 24.4 Å². The molecule has 1 saturated heterocycles. The minimum Gasteiger partial charge on any atom is -0.461 e. The van der Waals surface area contributed by atoms with E-state index in [1.54, 1.807) is 30.2 Å². The van der Waals surface area contributed by atoms with Gasteiger partial charge in [0.2, 0.25) is 0 Å². The number of pyridine rings is 2. The normalized spacial score (nSPS) is 17.3. The number of carbonyl (C=O) groups excluding carboxylic acids is 1. The van der Waals surface area contributed by atoms with Crippen LogP contribution in [0.2, 0.25) is 0 Å². The van der Waals surface area contributed by atoms with Crippen molar-refractivity contribution in [1.82, 2.24) is 9.97 Å². The Hall–Kier alpha value is -2.31. The smallest absolute Gasteiger partial charge is 0.357 e. The van der Waals surface area contributed by atoms with Crippen molar-refractivity contribution in [2.45, 2.75) is 25.7 Å². The Morgan fingerprint density at radius 3 is 2.83 bits per heavy atom. The van der Waals surface area contributed by atoms with E-state index in [2.05, 4.69) is 9.97 Å². The molecule has 0 amide bonds. The predicted octanol–water partition coefficient (Wildman–Crippen LogP) is 3.04. The fraction of sp³-hybridized carbons (Fsp3) is 0.438. The van der Waals surface area contributed by atoms with Crippen LogP contribution in [-0.4, -0.2) is 41.6 Å². The number of fused-ring (bicyclic) bond motifs is 1. The van der Waals surface area contributed by atoms with E-state index in [0.717, 1.165) is 5.39 Å². The first kappa shape index (κ1) is 15.6. The number of hydrogen-bond donors (Lipinski definition) is 0. The van der Waals surface area contributed by atoms with Crippen molar-refractivity contribution in [2.75, 3.05) is 24.6 Å². The van der Waals surface area contributed by atoms with E-state index < -0.39 is 11.9 Å². The Bertz CT molecular complexity index is 726. The average Bonchev–Trinajstić information content (AvgIpc) is 2.54. The number of hydrogen-bond acceptors (Lipinski definition) is 5. The number of carbonyl (C=O) groups is 1. The number of halogens is 2. The second-order valence-corrected chi connectivity index (χ2v) is 5.47. The van der Waals surface area contributed by atoms with Crippen molar-refractivity contribution in [1.29, 1.82) is 0 Å². The summed E-state index contributed by atoms with van der Waals surface area (Å²) in [6, 6.07) is 5.18. The fourth-order valence-electron chi connectivity index (χ4n) is 2.64. The molecular weight excluding hydrogens is 304 g/mol. The lowest BCUT2D eigenvalue weighted by atomic mass is 10.1. The quantitative estimate of drug-likeness (QED) is 0.813. The van der Waals surface area contributed by atoms with E-state index >= 15 is 0 Å². The summed E-state index contributed by atoms with van der Waals surface area (Å²) in [5.74, 6) is -2.71. The van der Waals surface area contributed by atoms with Gasteiger partial charge in [0.1, 0.15) is 5.52 Å². The van der Waals surface area contributed by atoms with Crippen LogP contribution in [0.5, 0.6) is 0 Å². The van der Waals surface area contributed by atoms with Gasteiger partial charge in [0.05, 0.1) is 6.61 Å². The number of piperidine rings is 1. The van der Waals surface area contributed by atoms with Gasteiger partial charge in [-0.1, -0.05) is 6.07 Å². The van der Waals surface area contributed by atoms with Gasteiger partial charge in [-0.05, 0) is 19.1 Å². The monoisotopic (exact) mass is 321 g/mol. The first-order chi connectivity index (χ1) is 11.0. The zero-order chi connectivity index (χ0) is 16.4. The summed E-state index contributed by atoms with van der Waals surface area (Å²) in [7, 11) is 0. The first-order valence-corrected chi connectivity index (χ1v) is 7.56. The second kappa shape index (κ2) is 6.06. The van der Waals surface area contributed by atoms with Crippen LogP contribution < -0.4 is 4.90 Å². The third kappa shape index (κ3) is 3.23. The third-order valence-electron chi connectivity index (χ3n) is 3.85. The molecule has 0 bridgehead atoms. The fourth-order valence-corrected chi connectivity index (χ4v) is 2.64. The largest absolute Gasteiger partial charge is 0.461 e. The lowest BCUT2D eigenvalue weighted by molar-refractivity contribution is -0.0221. The van der Waals surface area contributed by atoms with E-state index in [4.69, 9.17) is 4.74 Å².